The number of rotatable bonds is 5. The van der Waals surface area contributed by atoms with Crippen LogP contribution in [-0.2, 0) is 23.1 Å². The van der Waals surface area contributed by atoms with Gasteiger partial charge in [0.15, 0.2) is 0 Å². The van der Waals surface area contributed by atoms with Crippen LogP contribution in [0.15, 0.2) is 53.6 Å². The number of nitrogens with one attached hydrogen (secondary N) is 1. The number of nitrogens with zero attached hydrogens (tertiary/aromatic N) is 4. The highest BCUT2D eigenvalue weighted by molar-refractivity contribution is 7.89. The number of carbonyl (C=O) groups excluding carboxylic acids is 1. The number of amides is 1. The highest BCUT2D eigenvalue weighted by atomic mass is 32.2. The maximum Gasteiger partial charge on any atom is 0.253 e. The van der Waals surface area contributed by atoms with E-state index < -0.39 is 10.0 Å². The number of aryl methyl sites for hydroxylation is 2. The number of hydrogen-bond acceptors (Lipinski definition) is 7. The Bertz CT molecular complexity index is 1350. The van der Waals surface area contributed by atoms with E-state index in [9.17, 15) is 13.2 Å². The van der Waals surface area contributed by atoms with Gasteiger partial charge >= 0.3 is 0 Å². The number of benzene rings is 2. The van der Waals surface area contributed by atoms with Crippen LogP contribution in [0, 0.1) is 13.8 Å². The number of nitrogens with two attached hydrogens (primary N) is 1. The third-order valence-electron chi connectivity index (χ3n) is 6.25. The molecule has 0 radical (unpaired) electrons. The summed E-state index contributed by atoms with van der Waals surface area (Å²) in [5, 5.41) is 8.42. The maximum atomic E-state index is 12.7. The standard InChI is InChI=1S/C24H26N6O3S/c1-15-7-16(2)9-19(8-15)27-24-26-10-18-11-29(14-22(18)28-24)20-12-30(13-20)23(31)17-3-5-21(6-4-17)34(25,32)33/h3-10,20H,11-14H2,1-2H3,(H2,25,32,33)(H,26,27,28). The Hall–Kier alpha value is -3.34. The van der Waals surface area contributed by atoms with Crippen molar-refractivity contribution in [1.29, 1.82) is 0 Å². The number of primary sulfonamides is 1. The molecule has 0 spiro atoms. The summed E-state index contributed by atoms with van der Waals surface area (Å²) in [7, 11) is -3.78. The number of anilines is 2. The van der Waals surface area contributed by atoms with Crippen LogP contribution < -0.4 is 10.5 Å². The van der Waals surface area contributed by atoms with Crippen molar-refractivity contribution < 1.29 is 13.2 Å². The van der Waals surface area contributed by atoms with Crippen molar-refractivity contribution in [2.75, 3.05) is 18.4 Å². The number of aromatic nitrogens is 2. The summed E-state index contributed by atoms with van der Waals surface area (Å²) >= 11 is 0. The van der Waals surface area contributed by atoms with E-state index in [1.54, 1.807) is 4.90 Å². The van der Waals surface area contributed by atoms with Crippen molar-refractivity contribution >= 4 is 27.6 Å². The smallest absolute Gasteiger partial charge is 0.253 e. The van der Waals surface area contributed by atoms with Gasteiger partial charge in [-0.05, 0) is 61.4 Å². The van der Waals surface area contributed by atoms with Gasteiger partial charge in [0.05, 0.1) is 10.6 Å². The predicted molar refractivity (Wildman–Crippen MR) is 128 cm³/mol. The van der Waals surface area contributed by atoms with Gasteiger partial charge in [-0.25, -0.2) is 23.5 Å². The highest BCUT2D eigenvalue weighted by Crippen LogP contribution is 2.28. The van der Waals surface area contributed by atoms with Gasteiger partial charge in [-0.3, -0.25) is 9.69 Å². The molecule has 0 saturated carbocycles. The van der Waals surface area contributed by atoms with E-state index in [1.807, 2.05) is 6.20 Å². The van der Waals surface area contributed by atoms with Gasteiger partial charge < -0.3 is 10.2 Å². The lowest BCUT2D eigenvalue weighted by atomic mass is 10.1. The van der Waals surface area contributed by atoms with Gasteiger partial charge in [0.1, 0.15) is 0 Å². The van der Waals surface area contributed by atoms with Gasteiger partial charge in [-0.1, -0.05) is 6.07 Å². The fourth-order valence-corrected chi connectivity index (χ4v) is 5.01. The zero-order valence-corrected chi connectivity index (χ0v) is 19.8. The van der Waals surface area contributed by atoms with E-state index in [2.05, 4.69) is 47.2 Å². The van der Waals surface area contributed by atoms with Crippen LogP contribution in [0.3, 0.4) is 0 Å². The predicted octanol–water partition coefficient (Wildman–Crippen LogP) is 2.32. The van der Waals surface area contributed by atoms with Gasteiger partial charge in [0.2, 0.25) is 16.0 Å². The Balaban J connectivity index is 1.19. The van der Waals surface area contributed by atoms with Crippen molar-refractivity contribution in [3.8, 4) is 0 Å². The van der Waals surface area contributed by atoms with Gasteiger partial charge in [0, 0.05) is 55.2 Å². The fourth-order valence-electron chi connectivity index (χ4n) is 4.49. The van der Waals surface area contributed by atoms with Gasteiger partial charge in [-0.2, -0.15) is 0 Å². The summed E-state index contributed by atoms with van der Waals surface area (Å²) in [4.78, 5) is 26.0. The first kappa shape index (κ1) is 22.5. The third kappa shape index (κ3) is 4.52. The summed E-state index contributed by atoms with van der Waals surface area (Å²) in [5.74, 6) is 0.465. The molecule has 1 fully saturated rings. The first-order valence-electron chi connectivity index (χ1n) is 11.0. The molecule has 10 heteroatoms. The summed E-state index contributed by atoms with van der Waals surface area (Å²) in [6.07, 6.45) is 1.88. The molecule has 0 unspecified atom stereocenters. The van der Waals surface area contributed by atoms with Crippen LogP contribution in [0.5, 0.6) is 0 Å². The monoisotopic (exact) mass is 478 g/mol. The second kappa shape index (κ2) is 8.46. The van der Waals surface area contributed by atoms with Crippen molar-refractivity contribution in [2.45, 2.75) is 37.9 Å². The average Bonchev–Trinajstić information content (AvgIpc) is 3.14. The van der Waals surface area contributed by atoms with E-state index in [0.29, 0.717) is 24.6 Å². The minimum Gasteiger partial charge on any atom is -0.335 e. The lowest BCUT2D eigenvalue weighted by Crippen LogP contribution is -2.59. The van der Waals surface area contributed by atoms with E-state index in [-0.39, 0.29) is 16.8 Å². The Labute approximate surface area is 198 Å². The number of fused-ring (bicyclic) bond motifs is 1. The van der Waals surface area contributed by atoms with Crippen LogP contribution in [-0.4, -0.2) is 53.2 Å². The van der Waals surface area contributed by atoms with Gasteiger partial charge in [0.25, 0.3) is 5.91 Å². The van der Waals surface area contributed by atoms with Crippen LogP contribution in [0.25, 0.3) is 0 Å². The summed E-state index contributed by atoms with van der Waals surface area (Å²) in [5.41, 5.74) is 5.89. The third-order valence-corrected chi connectivity index (χ3v) is 7.18. The molecule has 0 aliphatic carbocycles. The molecule has 1 amide bonds. The molecule has 3 aromatic rings. The quantitative estimate of drug-likeness (QED) is 0.577. The fraction of sp³-hybridized carbons (Fsp3) is 0.292. The first-order valence-corrected chi connectivity index (χ1v) is 12.6. The highest BCUT2D eigenvalue weighted by Gasteiger charge is 2.38. The molecule has 2 aliphatic heterocycles. The molecule has 5 rings (SSSR count). The molecule has 3 N–H and O–H groups in total. The van der Waals surface area contributed by atoms with Crippen LogP contribution in [0.1, 0.15) is 32.7 Å². The normalized spacial score (nSPS) is 16.3. The molecule has 9 nitrogen and oxygen atoms in total. The Morgan fingerprint density at radius 2 is 1.74 bits per heavy atom. The second-order valence-corrected chi connectivity index (χ2v) is 10.6. The minimum absolute atomic E-state index is 0.00660. The zero-order chi connectivity index (χ0) is 24.0. The van der Waals surface area contributed by atoms with Crippen LogP contribution >= 0.6 is 0 Å². The summed E-state index contributed by atoms with van der Waals surface area (Å²) < 4.78 is 22.8. The van der Waals surface area contributed by atoms with Crippen LogP contribution in [0.4, 0.5) is 11.6 Å². The average molecular weight is 479 g/mol. The molecule has 1 aromatic heterocycles. The Morgan fingerprint density at radius 1 is 1.06 bits per heavy atom. The van der Waals surface area contributed by atoms with E-state index in [1.165, 1.54) is 35.4 Å². The lowest BCUT2D eigenvalue weighted by molar-refractivity contribution is 0.0249. The molecule has 2 aliphatic rings. The molecule has 3 heterocycles. The zero-order valence-electron chi connectivity index (χ0n) is 19.0. The second-order valence-electron chi connectivity index (χ2n) is 9.01. The van der Waals surface area contributed by atoms with E-state index in [4.69, 9.17) is 10.1 Å². The molecular formula is C24H26N6O3S. The lowest BCUT2D eigenvalue weighted by Gasteiger charge is -2.44. The SMILES string of the molecule is Cc1cc(C)cc(Nc2ncc3c(n2)CN(C2CN(C(=O)c4ccc(S(N)(=O)=O)cc4)C2)C3)c1. The molecular weight excluding hydrogens is 452 g/mol. The Morgan fingerprint density at radius 3 is 2.38 bits per heavy atom. The molecule has 2 aromatic carbocycles. The van der Waals surface area contributed by atoms with E-state index >= 15 is 0 Å². The van der Waals surface area contributed by atoms with Crippen LogP contribution in [0.2, 0.25) is 0 Å². The molecule has 176 valence electrons. The summed E-state index contributed by atoms with van der Waals surface area (Å²) in [6.45, 7) is 6.83. The number of hydrogen-bond donors (Lipinski definition) is 2. The molecule has 0 atom stereocenters. The van der Waals surface area contributed by atoms with Crippen molar-refractivity contribution in [3.63, 3.8) is 0 Å². The van der Waals surface area contributed by atoms with Gasteiger partial charge in [-0.15, -0.1) is 0 Å². The van der Waals surface area contributed by atoms with Crippen molar-refractivity contribution in [1.82, 2.24) is 19.8 Å². The molecule has 34 heavy (non-hydrogen) atoms. The largest absolute Gasteiger partial charge is 0.335 e. The number of likely N-dealkylation sites (tertiary alicyclic amines) is 1. The van der Waals surface area contributed by atoms with Crippen molar-refractivity contribution in [3.05, 3.63) is 76.6 Å². The first-order chi connectivity index (χ1) is 16.2. The number of carbonyl (C=O) groups is 1. The topological polar surface area (TPSA) is 122 Å². The van der Waals surface area contributed by atoms with E-state index in [0.717, 1.165) is 30.0 Å². The van der Waals surface area contributed by atoms with Crippen molar-refractivity contribution in [2.24, 2.45) is 5.14 Å². The molecule has 1 saturated heterocycles. The molecule has 0 bridgehead atoms. The number of sulfonamides is 1. The Kier molecular flexibility index (Phi) is 5.59. The minimum atomic E-state index is -3.78. The maximum absolute atomic E-state index is 12.7. The summed E-state index contributed by atoms with van der Waals surface area (Å²) in [6, 6.07) is 12.2.